The third kappa shape index (κ3) is 2.86. The van der Waals surface area contributed by atoms with Crippen molar-refractivity contribution in [1.29, 1.82) is 5.26 Å². The second-order valence-electron chi connectivity index (χ2n) is 4.22. The smallest absolute Gasteiger partial charge is 0.153 e. The molecule has 0 aromatic heterocycles. The molecular weight excluding hydrogens is 320 g/mol. The zero-order valence-electron chi connectivity index (χ0n) is 11.1. The quantitative estimate of drug-likeness (QED) is 0.862. The van der Waals surface area contributed by atoms with E-state index in [4.69, 9.17) is 20.5 Å². The summed E-state index contributed by atoms with van der Waals surface area (Å²) in [6.07, 6.45) is 0. The Bertz CT molecular complexity index is 670. The zero-order valence-corrected chi connectivity index (χ0v) is 12.7. The Kier molecular flexibility index (Phi) is 4.16. The number of hydrogen-bond acceptors (Lipinski definition) is 4. The highest BCUT2D eigenvalue weighted by molar-refractivity contribution is 9.10. The van der Waals surface area contributed by atoms with Crippen LogP contribution in [0.2, 0.25) is 0 Å². The summed E-state index contributed by atoms with van der Waals surface area (Å²) in [6.45, 7) is 1.89. The molecule has 2 N–H and O–H groups in total. The van der Waals surface area contributed by atoms with Gasteiger partial charge in [-0.25, -0.2) is 0 Å². The molecular formula is C15H13BrN2O2. The second kappa shape index (κ2) is 5.85. The Morgan fingerprint density at radius 3 is 2.60 bits per heavy atom. The fraction of sp³-hybridized carbons (Fsp3) is 0.133. The van der Waals surface area contributed by atoms with Gasteiger partial charge in [0.25, 0.3) is 0 Å². The van der Waals surface area contributed by atoms with E-state index in [1.165, 1.54) is 0 Å². The van der Waals surface area contributed by atoms with Gasteiger partial charge < -0.3 is 15.2 Å². The lowest BCUT2D eigenvalue weighted by atomic mass is 10.1. The first-order valence-corrected chi connectivity index (χ1v) is 6.66. The van der Waals surface area contributed by atoms with Crippen molar-refractivity contribution in [2.75, 3.05) is 12.8 Å². The molecule has 0 amide bonds. The summed E-state index contributed by atoms with van der Waals surface area (Å²) in [5.74, 6) is 1.58. The standard InChI is InChI=1S/C15H13BrN2O2/c1-9-5-11(16)6-13(18)15(9)20-14-7-12(19-2)4-3-10(14)8-17/h3-7H,18H2,1-2H3. The zero-order chi connectivity index (χ0) is 14.7. The van der Waals surface area contributed by atoms with Crippen LogP contribution in [0.1, 0.15) is 11.1 Å². The molecule has 0 aliphatic carbocycles. The van der Waals surface area contributed by atoms with E-state index < -0.39 is 0 Å². The van der Waals surface area contributed by atoms with E-state index in [0.717, 1.165) is 10.0 Å². The summed E-state index contributed by atoms with van der Waals surface area (Å²) < 4.78 is 11.8. The fourth-order valence-electron chi connectivity index (χ4n) is 1.81. The minimum absolute atomic E-state index is 0.420. The van der Waals surface area contributed by atoms with Gasteiger partial charge in [-0.2, -0.15) is 5.26 Å². The average molecular weight is 333 g/mol. The van der Waals surface area contributed by atoms with Gasteiger partial charge in [-0.05, 0) is 36.8 Å². The van der Waals surface area contributed by atoms with Crippen LogP contribution in [-0.2, 0) is 0 Å². The number of methoxy groups -OCH3 is 1. The van der Waals surface area contributed by atoms with E-state index in [1.54, 1.807) is 31.4 Å². The van der Waals surface area contributed by atoms with E-state index in [9.17, 15) is 0 Å². The van der Waals surface area contributed by atoms with Crippen LogP contribution in [0.25, 0.3) is 0 Å². The lowest BCUT2D eigenvalue weighted by molar-refractivity contribution is 0.408. The number of nitriles is 1. The highest BCUT2D eigenvalue weighted by atomic mass is 79.9. The Hall–Kier alpha value is -2.19. The van der Waals surface area contributed by atoms with E-state index in [1.807, 2.05) is 13.0 Å². The molecule has 0 bridgehead atoms. The van der Waals surface area contributed by atoms with Gasteiger partial charge >= 0.3 is 0 Å². The van der Waals surface area contributed by atoms with Crippen molar-refractivity contribution in [2.24, 2.45) is 0 Å². The van der Waals surface area contributed by atoms with E-state index in [2.05, 4.69) is 22.0 Å². The first-order valence-electron chi connectivity index (χ1n) is 5.86. The SMILES string of the molecule is COc1ccc(C#N)c(Oc2c(C)cc(Br)cc2N)c1. The molecule has 0 spiro atoms. The van der Waals surface area contributed by atoms with Crippen molar-refractivity contribution in [1.82, 2.24) is 0 Å². The minimum Gasteiger partial charge on any atom is -0.497 e. The Balaban J connectivity index is 2.47. The summed E-state index contributed by atoms with van der Waals surface area (Å²) in [6, 6.07) is 10.8. The second-order valence-corrected chi connectivity index (χ2v) is 5.13. The number of nitrogen functional groups attached to an aromatic ring is 1. The van der Waals surface area contributed by atoms with Crippen molar-refractivity contribution in [3.63, 3.8) is 0 Å². The lowest BCUT2D eigenvalue weighted by Crippen LogP contribution is -1.97. The van der Waals surface area contributed by atoms with Gasteiger partial charge in [0.05, 0.1) is 18.4 Å². The highest BCUT2D eigenvalue weighted by Crippen LogP contribution is 2.36. The van der Waals surface area contributed by atoms with Crippen molar-refractivity contribution < 1.29 is 9.47 Å². The van der Waals surface area contributed by atoms with Crippen LogP contribution < -0.4 is 15.2 Å². The number of benzene rings is 2. The maximum absolute atomic E-state index is 9.13. The van der Waals surface area contributed by atoms with Crippen LogP contribution in [0, 0.1) is 18.3 Å². The van der Waals surface area contributed by atoms with E-state index >= 15 is 0 Å². The van der Waals surface area contributed by atoms with Crippen molar-refractivity contribution in [2.45, 2.75) is 6.92 Å². The van der Waals surface area contributed by atoms with Crippen molar-refractivity contribution >= 4 is 21.6 Å². The van der Waals surface area contributed by atoms with Gasteiger partial charge in [0.2, 0.25) is 0 Å². The average Bonchev–Trinajstić information content (AvgIpc) is 2.42. The molecule has 2 rings (SSSR count). The lowest BCUT2D eigenvalue weighted by Gasteiger charge is -2.13. The molecule has 4 nitrogen and oxygen atoms in total. The number of nitrogens with zero attached hydrogens (tertiary/aromatic N) is 1. The third-order valence-electron chi connectivity index (χ3n) is 2.79. The minimum atomic E-state index is 0.420. The van der Waals surface area contributed by atoms with Gasteiger partial charge in [-0.1, -0.05) is 15.9 Å². The monoisotopic (exact) mass is 332 g/mol. The highest BCUT2D eigenvalue weighted by Gasteiger charge is 2.12. The third-order valence-corrected chi connectivity index (χ3v) is 3.25. The van der Waals surface area contributed by atoms with Crippen molar-refractivity contribution in [3.05, 3.63) is 45.9 Å². The Labute approximate surface area is 125 Å². The molecule has 2 aromatic carbocycles. The van der Waals surface area contributed by atoms with Crippen LogP contribution in [0.5, 0.6) is 17.2 Å². The molecule has 2 aromatic rings. The van der Waals surface area contributed by atoms with Gasteiger partial charge in [0.15, 0.2) is 5.75 Å². The number of anilines is 1. The van der Waals surface area contributed by atoms with E-state index in [-0.39, 0.29) is 0 Å². The van der Waals surface area contributed by atoms with Gasteiger partial charge in [0.1, 0.15) is 17.6 Å². The maximum Gasteiger partial charge on any atom is 0.153 e. The number of rotatable bonds is 3. The first kappa shape index (κ1) is 14.2. The normalized spacial score (nSPS) is 9.90. The Morgan fingerprint density at radius 2 is 2.00 bits per heavy atom. The van der Waals surface area contributed by atoms with Crippen LogP contribution in [0.15, 0.2) is 34.8 Å². The topological polar surface area (TPSA) is 68.3 Å². The summed E-state index contributed by atoms with van der Waals surface area (Å²) in [5.41, 5.74) is 7.77. The number of nitrogens with two attached hydrogens (primary N) is 1. The predicted molar refractivity (Wildman–Crippen MR) is 81.1 cm³/mol. The number of halogens is 1. The van der Waals surface area contributed by atoms with Gasteiger partial charge in [-0.3, -0.25) is 0 Å². The molecule has 0 heterocycles. The molecule has 102 valence electrons. The number of ether oxygens (including phenoxy) is 2. The largest absolute Gasteiger partial charge is 0.497 e. The van der Waals surface area contributed by atoms with Crippen LogP contribution in [0.3, 0.4) is 0 Å². The molecule has 0 fully saturated rings. The summed E-state index contributed by atoms with van der Waals surface area (Å²) in [5, 5.41) is 9.13. The van der Waals surface area contributed by atoms with Crippen LogP contribution >= 0.6 is 15.9 Å². The van der Waals surface area contributed by atoms with Crippen LogP contribution in [-0.4, -0.2) is 7.11 Å². The number of hydrogen-bond donors (Lipinski definition) is 1. The fourth-order valence-corrected chi connectivity index (χ4v) is 2.40. The number of aryl methyl sites for hydroxylation is 1. The molecule has 0 atom stereocenters. The maximum atomic E-state index is 9.13. The first-order chi connectivity index (χ1) is 9.55. The molecule has 20 heavy (non-hydrogen) atoms. The predicted octanol–water partition coefficient (Wildman–Crippen LogP) is 4.01. The van der Waals surface area contributed by atoms with E-state index in [0.29, 0.717) is 28.5 Å². The Morgan fingerprint density at radius 1 is 1.25 bits per heavy atom. The van der Waals surface area contributed by atoms with Crippen LogP contribution in [0.4, 0.5) is 5.69 Å². The molecule has 0 saturated heterocycles. The summed E-state index contributed by atoms with van der Waals surface area (Å²) in [4.78, 5) is 0. The summed E-state index contributed by atoms with van der Waals surface area (Å²) >= 11 is 3.38. The molecule has 0 radical (unpaired) electrons. The van der Waals surface area contributed by atoms with Gasteiger partial charge in [0, 0.05) is 10.5 Å². The van der Waals surface area contributed by atoms with Crippen molar-refractivity contribution in [3.8, 4) is 23.3 Å². The molecule has 0 aliphatic rings. The molecule has 0 aliphatic heterocycles. The van der Waals surface area contributed by atoms with Gasteiger partial charge in [-0.15, -0.1) is 0 Å². The molecule has 0 saturated carbocycles. The molecule has 0 unspecified atom stereocenters. The summed E-state index contributed by atoms with van der Waals surface area (Å²) in [7, 11) is 1.56. The molecule has 5 heteroatoms.